The molecule has 0 aromatic heterocycles. The SMILES string of the molecule is [CH2+]CCCCCCCCCCCOC(=O)Cl. The fourth-order valence-electron chi connectivity index (χ4n) is 1.67. The average molecular weight is 248 g/mol. The lowest BCUT2D eigenvalue weighted by Crippen LogP contribution is -1.96. The Bertz CT molecular complexity index is 160. The highest BCUT2D eigenvalue weighted by Crippen LogP contribution is 2.10. The van der Waals surface area contributed by atoms with Gasteiger partial charge in [-0.25, -0.2) is 4.79 Å². The van der Waals surface area contributed by atoms with Crippen molar-refractivity contribution in [2.75, 3.05) is 6.61 Å². The number of rotatable bonds is 11. The van der Waals surface area contributed by atoms with Gasteiger partial charge in [-0.15, -0.1) is 0 Å². The molecule has 0 fully saturated rings. The Balaban J connectivity index is 2.90. The standard InChI is InChI=1S/C13H24ClO2/c1-2-3-4-5-6-7-8-9-10-11-12-16-13(14)15/h1-12H2/q+1. The molecule has 0 bridgehead atoms. The van der Waals surface area contributed by atoms with Gasteiger partial charge in [0.2, 0.25) is 0 Å². The van der Waals surface area contributed by atoms with Crippen molar-refractivity contribution in [2.24, 2.45) is 0 Å². The molecule has 0 aliphatic rings. The van der Waals surface area contributed by atoms with Crippen LogP contribution in [0.25, 0.3) is 0 Å². The van der Waals surface area contributed by atoms with Crippen LogP contribution in [0.1, 0.15) is 64.2 Å². The van der Waals surface area contributed by atoms with Gasteiger partial charge in [-0.1, -0.05) is 38.5 Å². The summed E-state index contributed by atoms with van der Waals surface area (Å²) in [5.41, 5.74) is -0.689. The Morgan fingerprint density at radius 1 is 0.875 bits per heavy atom. The Hall–Kier alpha value is -0.370. The molecule has 94 valence electrons. The van der Waals surface area contributed by atoms with Crippen LogP contribution in [-0.2, 0) is 4.74 Å². The van der Waals surface area contributed by atoms with E-state index in [4.69, 9.17) is 11.6 Å². The van der Waals surface area contributed by atoms with E-state index in [9.17, 15) is 4.79 Å². The summed E-state index contributed by atoms with van der Waals surface area (Å²) in [5.74, 6) is 0. The lowest BCUT2D eigenvalue weighted by molar-refractivity contribution is 0.170. The van der Waals surface area contributed by atoms with E-state index in [1.165, 1.54) is 44.9 Å². The lowest BCUT2D eigenvalue weighted by atomic mass is 10.1. The molecule has 16 heavy (non-hydrogen) atoms. The number of hydrogen-bond acceptors (Lipinski definition) is 2. The van der Waals surface area contributed by atoms with Crippen molar-refractivity contribution in [2.45, 2.75) is 64.2 Å². The summed E-state index contributed by atoms with van der Waals surface area (Å²) in [4.78, 5) is 10.2. The minimum Gasteiger partial charge on any atom is -0.454 e. The van der Waals surface area contributed by atoms with Crippen LogP contribution in [-0.4, -0.2) is 12.0 Å². The third kappa shape index (κ3) is 13.6. The van der Waals surface area contributed by atoms with Gasteiger partial charge in [-0.2, -0.15) is 0 Å². The van der Waals surface area contributed by atoms with Crippen molar-refractivity contribution < 1.29 is 9.53 Å². The first-order valence-electron chi connectivity index (χ1n) is 6.39. The van der Waals surface area contributed by atoms with Gasteiger partial charge in [0.05, 0.1) is 20.0 Å². The highest BCUT2D eigenvalue weighted by molar-refractivity contribution is 6.61. The molecule has 0 amide bonds. The average Bonchev–Trinajstić information content (AvgIpc) is 2.25. The molecule has 0 saturated heterocycles. The molecule has 2 nitrogen and oxygen atoms in total. The van der Waals surface area contributed by atoms with Gasteiger partial charge in [0.25, 0.3) is 0 Å². The van der Waals surface area contributed by atoms with E-state index in [0.717, 1.165) is 19.3 Å². The van der Waals surface area contributed by atoms with E-state index >= 15 is 0 Å². The summed E-state index contributed by atoms with van der Waals surface area (Å²) in [7, 11) is 0. The number of carbonyl (C=O) groups is 1. The normalized spacial score (nSPS) is 10.3. The van der Waals surface area contributed by atoms with Gasteiger partial charge >= 0.3 is 5.43 Å². The highest BCUT2D eigenvalue weighted by atomic mass is 35.5. The summed E-state index contributed by atoms with van der Waals surface area (Å²) in [6, 6.07) is 0. The maximum atomic E-state index is 10.2. The third-order valence-electron chi connectivity index (χ3n) is 2.61. The zero-order chi connectivity index (χ0) is 12.1. The quantitative estimate of drug-likeness (QED) is 0.289. The number of carbonyl (C=O) groups excluding carboxylic acids is 1. The zero-order valence-corrected chi connectivity index (χ0v) is 10.9. The van der Waals surface area contributed by atoms with E-state index in [1.807, 2.05) is 0 Å². The van der Waals surface area contributed by atoms with Crippen molar-refractivity contribution in [3.63, 3.8) is 0 Å². The van der Waals surface area contributed by atoms with Crippen LogP contribution in [0.4, 0.5) is 4.79 Å². The largest absolute Gasteiger partial charge is 0.454 e. The van der Waals surface area contributed by atoms with E-state index in [-0.39, 0.29) is 0 Å². The molecule has 3 heteroatoms. The first-order valence-corrected chi connectivity index (χ1v) is 6.76. The van der Waals surface area contributed by atoms with Crippen LogP contribution in [0, 0.1) is 6.92 Å². The van der Waals surface area contributed by atoms with Crippen LogP contribution < -0.4 is 0 Å². The van der Waals surface area contributed by atoms with Gasteiger partial charge < -0.3 is 4.74 Å². The van der Waals surface area contributed by atoms with Gasteiger partial charge in [0.15, 0.2) is 0 Å². The van der Waals surface area contributed by atoms with Gasteiger partial charge in [0.1, 0.15) is 0 Å². The fourth-order valence-corrected chi connectivity index (χ4v) is 1.75. The minimum atomic E-state index is -0.689. The molecule has 0 saturated carbocycles. The molecule has 0 N–H and O–H groups in total. The Kier molecular flexibility index (Phi) is 12.4. The molecular formula is C13H24ClO2+. The molecule has 0 aliphatic carbocycles. The van der Waals surface area contributed by atoms with Crippen molar-refractivity contribution in [3.05, 3.63) is 6.92 Å². The summed E-state index contributed by atoms with van der Waals surface area (Å²) >= 11 is 5.04. The van der Waals surface area contributed by atoms with Gasteiger partial charge in [0, 0.05) is 11.6 Å². The Morgan fingerprint density at radius 3 is 1.75 bits per heavy atom. The second kappa shape index (κ2) is 12.7. The topological polar surface area (TPSA) is 26.3 Å². The molecule has 0 aromatic rings. The van der Waals surface area contributed by atoms with Crippen molar-refractivity contribution in [1.82, 2.24) is 0 Å². The Morgan fingerprint density at radius 2 is 1.31 bits per heavy atom. The van der Waals surface area contributed by atoms with Gasteiger partial charge in [-0.05, 0) is 19.3 Å². The van der Waals surface area contributed by atoms with E-state index < -0.39 is 5.43 Å². The molecule has 0 radical (unpaired) electrons. The second-order valence-corrected chi connectivity index (χ2v) is 4.43. The second-order valence-electron chi connectivity index (χ2n) is 4.12. The first kappa shape index (κ1) is 15.6. The van der Waals surface area contributed by atoms with Crippen LogP contribution in [0.2, 0.25) is 0 Å². The van der Waals surface area contributed by atoms with E-state index in [2.05, 4.69) is 11.7 Å². The first-order chi connectivity index (χ1) is 7.77. The predicted octanol–water partition coefficient (Wildman–Crippen LogP) is 5.10. The summed E-state index contributed by atoms with van der Waals surface area (Å²) in [5, 5.41) is 0. The van der Waals surface area contributed by atoms with E-state index in [1.54, 1.807) is 0 Å². The number of ether oxygens (including phenoxy) is 1. The highest BCUT2D eigenvalue weighted by Gasteiger charge is 1.95. The third-order valence-corrected chi connectivity index (χ3v) is 2.72. The molecule has 0 unspecified atom stereocenters. The van der Waals surface area contributed by atoms with Gasteiger partial charge in [-0.3, -0.25) is 0 Å². The molecule has 0 aliphatic heterocycles. The van der Waals surface area contributed by atoms with Crippen LogP contribution in [0.15, 0.2) is 0 Å². The Labute approximate surface area is 105 Å². The van der Waals surface area contributed by atoms with Crippen molar-refractivity contribution in [1.29, 1.82) is 0 Å². The van der Waals surface area contributed by atoms with E-state index in [0.29, 0.717) is 6.61 Å². The van der Waals surface area contributed by atoms with Crippen LogP contribution >= 0.6 is 11.6 Å². The molecule has 0 heterocycles. The molecular weight excluding hydrogens is 224 g/mol. The van der Waals surface area contributed by atoms with Crippen LogP contribution in [0.3, 0.4) is 0 Å². The number of halogens is 1. The molecule has 0 spiro atoms. The summed E-state index contributed by atoms with van der Waals surface area (Å²) < 4.78 is 4.63. The molecule has 0 rings (SSSR count). The zero-order valence-electron chi connectivity index (χ0n) is 10.2. The lowest BCUT2D eigenvalue weighted by Gasteiger charge is -2.02. The number of hydrogen-bond donors (Lipinski definition) is 0. The molecule has 0 atom stereocenters. The van der Waals surface area contributed by atoms with Crippen LogP contribution in [0.5, 0.6) is 0 Å². The minimum absolute atomic E-state index is 0.464. The van der Waals surface area contributed by atoms with Crippen molar-refractivity contribution >= 4 is 17.0 Å². The smallest absolute Gasteiger partial charge is 0.403 e. The summed E-state index contributed by atoms with van der Waals surface area (Å²) in [6.07, 6.45) is 12.3. The predicted molar refractivity (Wildman–Crippen MR) is 68.7 cm³/mol. The fraction of sp³-hybridized carbons (Fsp3) is 0.846. The maximum absolute atomic E-state index is 10.2. The monoisotopic (exact) mass is 247 g/mol. The van der Waals surface area contributed by atoms with Crippen molar-refractivity contribution in [3.8, 4) is 0 Å². The number of unbranched alkanes of at least 4 members (excludes halogenated alkanes) is 9. The maximum Gasteiger partial charge on any atom is 0.403 e. The summed E-state index contributed by atoms with van der Waals surface area (Å²) in [6.45, 7) is 4.29. The molecule has 0 aromatic carbocycles.